The van der Waals surface area contributed by atoms with Crippen LogP contribution in [0.4, 0.5) is 11.6 Å². The normalized spacial score (nSPS) is 11.8. The second kappa shape index (κ2) is 7.71. The van der Waals surface area contributed by atoms with E-state index in [0.29, 0.717) is 10.8 Å². The standard InChI is InChI=1S/C20H25N5O2S/c1-6-28(26,27)16-7-8-17(14(4)11-16)23-20-21-10-9-18(24-20)19-12-22-15(5)25(19)13(2)3/h7-13H,6H2,1-5H3,(H,21,23,24). The number of sulfone groups is 1. The summed E-state index contributed by atoms with van der Waals surface area (Å²) in [7, 11) is -3.23. The molecule has 0 bridgehead atoms. The zero-order chi connectivity index (χ0) is 20.5. The monoisotopic (exact) mass is 399 g/mol. The maximum Gasteiger partial charge on any atom is 0.227 e. The van der Waals surface area contributed by atoms with E-state index in [4.69, 9.17) is 0 Å². The largest absolute Gasteiger partial charge is 0.324 e. The highest BCUT2D eigenvalue weighted by Crippen LogP contribution is 2.26. The molecule has 0 saturated carbocycles. The van der Waals surface area contributed by atoms with Gasteiger partial charge in [-0.3, -0.25) is 0 Å². The number of aryl methyl sites for hydroxylation is 2. The van der Waals surface area contributed by atoms with Crippen LogP contribution in [-0.4, -0.2) is 33.7 Å². The van der Waals surface area contributed by atoms with Gasteiger partial charge in [0.1, 0.15) is 5.82 Å². The van der Waals surface area contributed by atoms with Gasteiger partial charge in [-0.05, 0) is 57.5 Å². The van der Waals surface area contributed by atoms with Crippen LogP contribution >= 0.6 is 0 Å². The minimum atomic E-state index is -3.23. The van der Waals surface area contributed by atoms with Gasteiger partial charge in [-0.25, -0.2) is 23.4 Å². The van der Waals surface area contributed by atoms with Crippen molar-refractivity contribution in [2.45, 2.75) is 45.6 Å². The van der Waals surface area contributed by atoms with Gasteiger partial charge in [0, 0.05) is 17.9 Å². The summed E-state index contributed by atoms with van der Waals surface area (Å²) in [5.41, 5.74) is 3.28. The summed E-state index contributed by atoms with van der Waals surface area (Å²) < 4.78 is 26.2. The molecule has 0 atom stereocenters. The number of hydrogen-bond donors (Lipinski definition) is 1. The van der Waals surface area contributed by atoms with Crippen molar-refractivity contribution in [2.75, 3.05) is 11.1 Å². The molecule has 3 aromatic rings. The Bertz CT molecular complexity index is 1100. The van der Waals surface area contributed by atoms with Gasteiger partial charge in [-0.1, -0.05) is 6.92 Å². The minimum absolute atomic E-state index is 0.0767. The Hall–Kier alpha value is -2.74. The first-order valence-electron chi connectivity index (χ1n) is 9.20. The molecule has 148 valence electrons. The first-order valence-corrected chi connectivity index (χ1v) is 10.9. The van der Waals surface area contributed by atoms with Gasteiger partial charge < -0.3 is 9.88 Å². The number of imidazole rings is 1. The van der Waals surface area contributed by atoms with Crippen molar-refractivity contribution in [2.24, 2.45) is 0 Å². The smallest absolute Gasteiger partial charge is 0.227 e. The fraction of sp³-hybridized carbons (Fsp3) is 0.350. The second-order valence-electron chi connectivity index (χ2n) is 6.93. The van der Waals surface area contributed by atoms with Crippen molar-refractivity contribution in [3.05, 3.63) is 48.0 Å². The van der Waals surface area contributed by atoms with Crippen LogP contribution in [0.1, 0.15) is 38.2 Å². The fourth-order valence-electron chi connectivity index (χ4n) is 3.11. The van der Waals surface area contributed by atoms with Gasteiger partial charge in [0.2, 0.25) is 5.95 Å². The van der Waals surface area contributed by atoms with E-state index in [1.165, 1.54) is 0 Å². The lowest BCUT2D eigenvalue weighted by molar-refractivity contribution is 0.587. The molecule has 28 heavy (non-hydrogen) atoms. The third kappa shape index (κ3) is 3.91. The summed E-state index contributed by atoms with van der Waals surface area (Å²) in [6.45, 7) is 9.68. The Morgan fingerprint density at radius 3 is 2.54 bits per heavy atom. The van der Waals surface area contributed by atoms with E-state index in [1.807, 2.05) is 26.1 Å². The zero-order valence-electron chi connectivity index (χ0n) is 16.8. The Balaban J connectivity index is 1.92. The molecule has 0 radical (unpaired) electrons. The average molecular weight is 400 g/mol. The van der Waals surface area contributed by atoms with E-state index in [-0.39, 0.29) is 11.8 Å². The third-order valence-electron chi connectivity index (χ3n) is 4.60. The summed E-state index contributed by atoms with van der Waals surface area (Å²) in [6, 6.07) is 7.14. The molecule has 3 rings (SSSR count). The number of nitrogens with zero attached hydrogens (tertiary/aromatic N) is 4. The Morgan fingerprint density at radius 2 is 1.89 bits per heavy atom. The van der Waals surface area contributed by atoms with Crippen molar-refractivity contribution >= 4 is 21.5 Å². The van der Waals surface area contributed by atoms with E-state index in [9.17, 15) is 8.42 Å². The van der Waals surface area contributed by atoms with Crippen LogP contribution < -0.4 is 5.32 Å². The maximum absolute atomic E-state index is 12.1. The lowest BCUT2D eigenvalue weighted by atomic mass is 10.2. The molecule has 0 aliphatic carbocycles. The average Bonchev–Trinajstić information content (AvgIpc) is 3.05. The highest BCUT2D eigenvalue weighted by Gasteiger charge is 2.15. The highest BCUT2D eigenvalue weighted by atomic mass is 32.2. The molecule has 0 aliphatic heterocycles. The molecule has 0 unspecified atom stereocenters. The molecule has 0 amide bonds. The van der Waals surface area contributed by atoms with Gasteiger partial charge in [-0.15, -0.1) is 0 Å². The van der Waals surface area contributed by atoms with E-state index in [2.05, 4.69) is 38.7 Å². The van der Waals surface area contributed by atoms with Crippen molar-refractivity contribution in [1.29, 1.82) is 0 Å². The van der Waals surface area contributed by atoms with Crippen LogP contribution in [0, 0.1) is 13.8 Å². The molecule has 2 aromatic heterocycles. The topological polar surface area (TPSA) is 89.8 Å². The van der Waals surface area contributed by atoms with Crippen LogP contribution in [0.3, 0.4) is 0 Å². The molecule has 1 N–H and O–H groups in total. The van der Waals surface area contributed by atoms with Crippen LogP contribution in [-0.2, 0) is 9.84 Å². The Morgan fingerprint density at radius 1 is 1.14 bits per heavy atom. The van der Waals surface area contributed by atoms with Crippen molar-refractivity contribution < 1.29 is 8.42 Å². The molecule has 0 aliphatic rings. The molecular weight excluding hydrogens is 374 g/mol. The number of aromatic nitrogens is 4. The predicted octanol–water partition coefficient (Wildman–Crippen LogP) is 4.08. The van der Waals surface area contributed by atoms with Crippen LogP contribution in [0.5, 0.6) is 0 Å². The fourth-order valence-corrected chi connectivity index (χ4v) is 4.08. The molecule has 7 nitrogen and oxygen atoms in total. The Kier molecular flexibility index (Phi) is 5.51. The van der Waals surface area contributed by atoms with Crippen LogP contribution in [0.15, 0.2) is 41.6 Å². The number of benzene rings is 1. The summed E-state index contributed by atoms with van der Waals surface area (Å²) in [5, 5.41) is 3.19. The number of nitrogens with one attached hydrogen (secondary N) is 1. The van der Waals surface area contributed by atoms with Gasteiger partial charge in [0.25, 0.3) is 0 Å². The van der Waals surface area contributed by atoms with Crippen LogP contribution in [0.25, 0.3) is 11.4 Å². The Labute approximate surface area is 165 Å². The molecular formula is C20H25N5O2S. The number of anilines is 2. The lowest BCUT2D eigenvalue weighted by Gasteiger charge is -2.14. The summed E-state index contributed by atoms with van der Waals surface area (Å²) in [5.74, 6) is 1.45. The molecule has 8 heteroatoms. The van der Waals surface area contributed by atoms with Crippen molar-refractivity contribution in [3.8, 4) is 11.4 Å². The second-order valence-corrected chi connectivity index (χ2v) is 9.20. The first-order chi connectivity index (χ1) is 13.2. The van der Waals surface area contributed by atoms with E-state index >= 15 is 0 Å². The first kappa shape index (κ1) is 20.0. The number of rotatable bonds is 6. The highest BCUT2D eigenvalue weighted by molar-refractivity contribution is 7.91. The molecule has 1 aromatic carbocycles. The van der Waals surface area contributed by atoms with Gasteiger partial charge in [-0.2, -0.15) is 0 Å². The summed E-state index contributed by atoms with van der Waals surface area (Å²) >= 11 is 0. The van der Waals surface area contributed by atoms with Gasteiger partial charge in [0.05, 0.1) is 28.2 Å². The van der Waals surface area contributed by atoms with Crippen LogP contribution in [0.2, 0.25) is 0 Å². The summed E-state index contributed by atoms with van der Waals surface area (Å²) in [6.07, 6.45) is 3.51. The number of hydrogen-bond acceptors (Lipinski definition) is 6. The van der Waals surface area contributed by atoms with Gasteiger partial charge in [0.15, 0.2) is 9.84 Å². The molecule has 0 spiro atoms. The van der Waals surface area contributed by atoms with E-state index < -0.39 is 9.84 Å². The molecule has 2 heterocycles. The SMILES string of the molecule is CCS(=O)(=O)c1ccc(Nc2nccc(-c3cnc(C)n3C(C)C)n2)c(C)c1. The van der Waals surface area contributed by atoms with Gasteiger partial charge >= 0.3 is 0 Å². The van der Waals surface area contributed by atoms with Crippen molar-refractivity contribution in [3.63, 3.8) is 0 Å². The quantitative estimate of drug-likeness (QED) is 0.672. The lowest BCUT2D eigenvalue weighted by Crippen LogP contribution is -2.07. The maximum atomic E-state index is 12.1. The summed E-state index contributed by atoms with van der Waals surface area (Å²) in [4.78, 5) is 13.7. The molecule has 0 saturated heterocycles. The van der Waals surface area contributed by atoms with E-state index in [0.717, 1.165) is 28.5 Å². The molecule has 0 fully saturated rings. The minimum Gasteiger partial charge on any atom is -0.324 e. The third-order valence-corrected chi connectivity index (χ3v) is 6.33. The predicted molar refractivity (Wildman–Crippen MR) is 111 cm³/mol. The van der Waals surface area contributed by atoms with Crippen molar-refractivity contribution in [1.82, 2.24) is 19.5 Å². The van der Waals surface area contributed by atoms with E-state index in [1.54, 1.807) is 31.3 Å². The zero-order valence-corrected chi connectivity index (χ0v) is 17.6.